The molecule has 0 bridgehead atoms. The quantitative estimate of drug-likeness (QED) is 0.0321. The lowest BCUT2D eigenvalue weighted by molar-refractivity contribution is -0.151. The molecular formula is C59H115NO5. The molecule has 1 amide bonds. The van der Waals surface area contributed by atoms with E-state index in [4.69, 9.17) is 4.74 Å². The van der Waals surface area contributed by atoms with Crippen molar-refractivity contribution in [1.29, 1.82) is 0 Å². The Morgan fingerprint density at radius 1 is 0.431 bits per heavy atom. The summed E-state index contributed by atoms with van der Waals surface area (Å²) in [5.41, 5.74) is 0. The van der Waals surface area contributed by atoms with Crippen molar-refractivity contribution in [3.63, 3.8) is 0 Å². The first-order valence-corrected chi connectivity index (χ1v) is 29.4. The molecule has 0 rings (SSSR count). The van der Waals surface area contributed by atoms with Gasteiger partial charge in [0.25, 0.3) is 0 Å². The molecule has 0 spiro atoms. The summed E-state index contributed by atoms with van der Waals surface area (Å²) in [7, 11) is 0. The number of carbonyl (C=O) groups excluding carboxylic acids is 2. The second kappa shape index (κ2) is 53.6. The molecule has 65 heavy (non-hydrogen) atoms. The van der Waals surface area contributed by atoms with E-state index in [9.17, 15) is 19.8 Å². The fourth-order valence-electron chi connectivity index (χ4n) is 9.37. The highest BCUT2D eigenvalue weighted by Crippen LogP contribution is 2.19. The number of unbranched alkanes of at least 4 members (excludes halogenated alkanes) is 40. The molecule has 3 atom stereocenters. The highest BCUT2D eigenvalue weighted by molar-refractivity contribution is 5.77. The Balaban J connectivity index is 4.51. The van der Waals surface area contributed by atoms with E-state index in [0.29, 0.717) is 19.3 Å². The average molecular weight is 919 g/mol. The van der Waals surface area contributed by atoms with Crippen LogP contribution in [0.4, 0.5) is 0 Å². The van der Waals surface area contributed by atoms with Crippen LogP contribution in [0.15, 0.2) is 12.2 Å². The number of aliphatic hydroxyl groups is 2. The number of hydrogen-bond donors (Lipinski definition) is 3. The summed E-state index contributed by atoms with van der Waals surface area (Å²) in [4.78, 5) is 26.3. The summed E-state index contributed by atoms with van der Waals surface area (Å²) in [6.45, 7) is 6.52. The van der Waals surface area contributed by atoms with Crippen molar-refractivity contribution in [2.75, 3.05) is 6.61 Å². The van der Waals surface area contributed by atoms with Crippen LogP contribution in [0, 0.1) is 0 Å². The number of carbonyl (C=O) groups is 2. The van der Waals surface area contributed by atoms with Crippen LogP contribution < -0.4 is 5.32 Å². The second-order valence-electron chi connectivity index (χ2n) is 20.4. The monoisotopic (exact) mass is 918 g/mol. The topological polar surface area (TPSA) is 95.9 Å². The molecule has 0 heterocycles. The Labute approximate surface area is 406 Å². The van der Waals surface area contributed by atoms with Gasteiger partial charge in [0, 0.05) is 6.42 Å². The van der Waals surface area contributed by atoms with Gasteiger partial charge in [0.15, 0.2) is 0 Å². The van der Waals surface area contributed by atoms with Crippen molar-refractivity contribution in [2.24, 2.45) is 0 Å². The summed E-state index contributed by atoms with van der Waals surface area (Å²) in [5.74, 6) is -0.460. The molecule has 6 nitrogen and oxygen atoms in total. The molecule has 0 aliphatic heterocycles. The van der Waals surface area contributed by atoms with E-state index in [2.05, 4.69) is 38.2 Å². The van der Waals surface area contributed by atoms with Crippen molar-refractivity contribution in [1.82, 2.24) is 5.32 Å². The minimum Gasteiger partial charge on any atom is -0.462 e. The standard InChI is InChI=1S/C59H115NO5/c1-4-7-10-13-16-19-22-24-26-28-30-32-34-37-40-43-46-49-52-59(64)65-55(50-47-44-41-38-36-33-31-29-27-25-23-20-17-14-11-8-5-2)53-58(63)60-56(54-61)57(62)51-48-45-42-39-35-21-18-15-12-9-6-3/h30,32,55-57,61-62H,4-29,31,33-54H2,1-3H3,(H,60,63)/b32-30+. The lowest BCUT2D eigenvalue weighted by atomic mass is 10.0. The van der Waals surface area contributed by atoms with E-state index in [1.165, 1.54) is 231 Å². The average Bonchev–Trinajstić information content (AvgIpc) is 3.30. The Morgan fingerprint density at radius 3 is 1.09 bits per heavy atom. The first-order valence-electron chi connectivity index (χ1n) is 29.4. The van der Waals surface area contributed by atoms with E-state index in [-0.39, 0.29) is 24.9 Å². The van der Waals surface area contributed by atoms with Crippen LogP contribution in [0.25, 0.3) is 0 Å². The third-order valence-corrected chi connectivity index (χ3v) is 13.8. The van der Waals surface area contributed by atoms with Crippen molar-refractivity contribution in [3.8, 4) is 0 Å². The van der Waals surface area contributed by atoms with Crippen molar-refractivity contribution < 1.29 is 24.5 Å². The third kappa shape index (κ3) is 48.9. The molecule has 0 radical (unpaired) electrons. The summed E-state index contributed by atoms with van der Waals surface area (Å²) < 4.78 is 5.97. The molecule has 0 aromatic rings. The first-order chi connectivity index (χ1) is 32.0. The van der Waals surface area contributed by atoms with E-state index in [1.807, 2.05) is 0 Å². The van der Waals surface area contributed by atoms with Gasteiger partial charge in [0.2, 0.25) is 5.91 Å². The van der Waals surface area contributed by atoms with Gasteiger partial charge in [-0.1, -0.05) is 277 Å². The number of amides is 1. The summed E-state index contributed by atoms with van der Waals surface area (Å²) in [5, 5.41) is 23.8. The Morgan fingerprint density at radius 2 is 0.738 bits per heavy atom. The molecule has 6 heteroatoms. The molecule has 0 aliphatic rings. The zero-order valence-electron chi connectivity index (χ0n) is 44.2. The highest BCUT2D eigenvalue weighted by Gasteiger charge is 2.24. The van der Waals surface area contributed by atoms with Gasteiger partial charge in [-0.15, -0.1) is 0 Å². The molecule has 0 saturated heterocycles. The largest absolute Gasteiger partial charge is 0.462 e. The minimum atomic E-state index is -0.783. The zero-order valence-corrected chi connectivity index (χ0v) is 44.2. The fraction of sp³-hybridized carbons (Fsp3) is 0.932. The van der Waals surface area contributed by atoms with Gasteiger partial charge < -0.3 is 20.3 Å². The fourth-order valence-corrected chi connectivity index (χ4v) is 9.37. The summed E-state index contributed by atoms with van der Waals surface area (Å²) in [6, 6.07) is -0.697. The van der Waals surface area contributed by atoms with E-state index in [1.54, 1.807) is 0 Å². The Bertz CT molecular complexity index is 986. The van der Waals surface area contributed by atoms with Gasteiger partial charge >= 0.3 is 5.97 Å². The number of allylic oxidation sites excluding steroid dienone is 2. The van der Waals surface area contributed by atoms with Gasteiger partial charge in [-0.2, -0.15) is 0 Å². The lowest BCUT2D eigenvalue weighted by Crippen LogP contribution is -2.46. The highest BCUT2D eigenvalue weighted by atomic mass is 16.5. The number of ether oxygens (including phenoxy) is 1. The SMILES string of the molecule is CCCCCCCCCCC/C=C/CCCCCCCC(=O)OC(CCCCCCCCCCCCCCCCCCC)CC(=O)NC(CO)C(O)CCCCCCCCCCCCC. The molecule has 0 fully saturated rings. The van der Waals surface area contributed by atoms with E-state index < -0.39 is 18.2 Å². The number of aliphatic hydroxyl groups excluding tert-OH is 2. The van der Waals surface area contributed by atoms with Gasteiger partial charge in [0.05, 0.1) is 25.2 Å². The van der Waals surface area contributed by atoms with E-state index in [0.717, 1.165) is 51.4 Å². The van der Waals surface area contributed by atoms with Gasteiger partial charge in [0.1, 0.15) is 6.10 Å². The normalized spacial score (nSPS) is 13.1. The minimum absolute atomic E-state index is 0.0822. The van der Waals surface area contributed by atoms with Gasteiger partial charge in [-0.25, -0.2) is 0 Å². The van der Waals surface area contributed by atoms with Crippen LogP contribution >= 0.6 is 0 Å². The number of hydrogen-bond acceptors (Lipinski definition) is 5. The summed E-state index contributed by atoms with van der Waals surface area (Å²) >= 11 is 0. The predicted molar refractivity (Wildman–Crippen MR) is 283 cm³/mol. The van der Waals surface area contributed by atoms with Crippen LogP contribution in [0.2, 0.25) is 0 Å². The molecule has 3 unspecified atom stereocenters. The molecule has 0 aromatic heterocycles. The zero-order chi connectivity index (χ0) is 47.4. The molecule has 0 aliphatic carbocycles. The number of nitrogens with one attached hydrogen (secondary N) is 1. The van der Waals surface area contributed by atoms with Crippen molar-refractivity contribution in [3.05, 3.63) is 12.2 Å². The molecule has 386 valence electrons. The van der Waals surface area contributed by atoms with Gasteiger partial charge in [-0.3, -0.25) is 9.59 Å². The van der Waals surface area contributed by atoms with Crippen LogP contribution in [0.3, 0.4) is 0 Å². The van der Waals surface area contributed by atoms with Crippen LogP contribution in [-0.2, 0) is 14.3 Å². The maximum absolute atomic E-state index is 13.3. The second-order valence-corrected chi connectivity index (χ2v) is 20.4. The van der Waals surface area contributed by atoms with Gasteiger partial charge in [-0.05, 0) is 51.4 Å². The number of esters is 1. The molecular weight excluding hydrogens is 803 g/mol. The molecule has 0 saturated carbocycles. The smallest absolute Gasteiger partial charge is 0.306 e. The molecule has 0 aromatic carbocycles. The van der Waals surface area contributed by atoms with Crippen molar-refractivity contribution >= 4 is 11.9 Å². The van der Waals surface area contributed by atoms with Crippen LogP contribution in [0.1, 0.15) is 329 Å². The predicted octanol–water partition coefficient (Wildman–Crippen LogP) is 18.1. The lowest BCUT2D eigenvalue weighted by Gasteiger charge is -2.24. The van der Waals surface area contributed by atoms with E-state index >= 15 is 0 Å². The Kier molecular flexibility index (Phi) is 52.4. The maximum Gasteiger partial charge on any atom is 0.306 e. The number of rotatable bonds is 54. The van der Waals surface area contributed by atoms with Crippen LogP contribution in [0.5, 0.6) is 0 Å². The van der Waals surface area contributed by atoms with Crippen LogP contribution in [-0.4, -0.2) is 46.9 Å². The first kappa shape index (κ1) is 63.6. The molecule has 3 N–H and O–H groups in total. The summed E-state index contributed by atoms with van der Waals surface area (Å²) in [6.07, 6.45) is 61.4. The maximum atomic E-state index is 13.3. The Hall–Kier alpha value is -1.40. The van der Waals surface area contributed by atoms with Crippen molar-refractivity contribution in [2.45, 2.75) is 347 Å². The third-order valence-electron chi connectivity index (χ3n) is 13.8.